The lowest BCUT2D eigenvalue weighted by molar-refractivity contribution is -0.139. The van der Waals surface area contributed by atoms with E-state index in [-0.39, 0.29) is 12.2 Å². The van der Waals surface area contributed by atoms with Crippen LogP contribution in [-0.4, -0.2) is 28.7 Å². The van der Waals surface area contributed by atoms with Gasteiger partial charge in [0, 0.05) is 16.5 Å². The fourth-order valence-corrected chi connectivity index (χ4v) is 6.54. The number of aromatic amines is 1. The molecular weight excluding hydrogens is 558 g/mol. The van der Waals surface area contributed by atoms with Crippen molar-refractivity contribution in [3.05, 3.63) is 133 Å². The van der Waals surface area contributed by atoms with E-state index >= 15 is 0 Å². The average Bonchev–Trinajstić information content (AvgIpc) is 3.54. The highest BCUT2D eigenvalue weighted by atomic mass is 32.1. The maximum absolute atomic E-state index is 14.3. The quantitative estimate of drug-likeness (QED) is 0.183. The number of fused-ring (bicyclic) bond motifs is 2. The van der Waals surface area contributed by atoms with Crippen LogP contribution in [0.15, 0.2) is 107 Å². The second-order valence-electron chi connectivity index (χ2n) is 10.2. The molecule has 0 bridgehead atoms. The van der Waals surface area contributed by atoms with Crippen molar-refractivity contribution in [2.75, 3.05) is 13.2 Å². The van der Waals surface area contributed by atoms with E-state index in [1.54, 1.807) is 24.5 Å². The first-order chi connectivity index (χ1) is 20.9. The molecule has 0 radical (unpaired) electrons. The van der Waals surface area contributed by atoms with Crippen molar-refractivity contribution in [3.8, 4) is 17.0 Å². The third-order valence-electron chi connectivity index (χ3n) is 7.50. The summed E-state index contributed by atoms with van der Waals surface area (Å²) < 4.78 is 13.2. The number of thiazole rings is 1. The number of rotatable bonds is 8. The van der Waals surface area contributed by atoms with Crippen molar-refractivity contribution < 1.29 is 14.3 Å². The molecule has 0 saturated heterocycles. The fourth-order valence-electron chi connectivity index (χ4n) is 5.51. The van der Waals surface area contributed by atoms with E-state index in [1.165, 1.54) is 11.3 Å². The van der Waals surface area contributed by atoms with Gasteiger partial charge in [-0.3, -0.25) is 9.36 Å². The second kappa shape index (κ2) is 11.7. The van der Waals surface area contributed by atoms with Crippen molar-refractivity contribution >= 4 is 34.3 Å². The summed E-state index contributed by atoms with van der Waals surface area (Å²) >= 11 is 1.31. The molecule has 3 heterocycles. The van der Waals surface area contributed by atoms with Crippen molar-refractivity contribution in [1.82, 2.24) is 9.55 Å². The van der Waals surface area contributed by atoms with Gasteiger partial charge in [0.1, 0.15) is 12.4 Å². The number of nitrogens with zero attached hydrogens (tertiary/aromatic N) is 2. The van der Waals surface area contributed by atoms with Crippen LogP contribution >= 0.6 is 11.3 Å². The molecule has 0 saturated carbocycles. The van der Waals surface area contributed by atoms with E-state index in [2.05, 4.69) is 42.8 Å². The average molecular weight is 590 g/mol. The Kier molecular flexibility index (Phi) is 7.69. The summed E-state index contributed by atoms with van der Waals surface area (Å²) in [6.07, 6.45) is 3.62. The summed E-state index contributed by atoms with van der Waals surface area (Å²) in [6.45, 7) is 9.90. The number of benzene rings is 3. The molecule has 6 rings (SSSR count). The Hall–Kier alpha value is -4.95. The molecule has 3 aromatic carbocycles. The molecule has 2 aromatic heterocycles. The summed E-state index contributed by atoms with van der Waals surface area (Å²) in [7, 11) is 0. The zero-order valence-corrected chi connectivity index (χ0v) is 25.0. The number of aromatic nitrogens is 2. The van der Waals surface area contributed by atoms with E-state index < -0.39 is 12.0 Å². The van der Waals surface area contributed by atoms with Crippen LogP contribution in [-0.2, 0) is 9.53 Å². The number of ether oxygens (including phenoxy) is 2. The standard InChI is InChI=1S/C35H31N3O4S/c1-5-19-42-25-17-15-24(16-18-25)32-29(34(40)41-6-2)22(4)36-35-38(32)33(39)28(43-35)20-27-26-14-10-11-21(3)30(26)37-31(27)23-12-8-7-9-13-23/h5,7-18,20,32,37H,1,6,19H2,2-4H3/b28-20-/t32-/m1/s1. The number of carbonyl (C=O) groups is 1. The zero-order valence-electron chi connectivity index (χ0n) is 24.2. The molecule has 43 heavy (non-hydrogen) atoms. The minimum absolute atomic E-state index is 0.212. The van der Waals surface area contributed by atoms with Crippen molar-refractivity contribution in [2.45, 2.75) is 26.8 Å². The molecular formula is C35H31N3O4S. The molecule has 5 aromatic rings. The number of esters is 1. The van der Waals surface area contributed by atoms with Gasteiger partial charge in [0.2, 0.25) is 0 Å². The molecule has 0 unspecified atom stereocenters. The van der Waals surface area contributed by atoms with E-state index in [0.29, 0.717) is 33.0 Å². The number of hydrogen-bond acceptors (Lipinski definition) is 6. The maximum Gasteiger partial charge on any atom is 0.338 e. The van der Waals surface area contributed by atoms with E-state index in [4.69, 9.17) is 14.5 Å². The molecule has 1 aliphatic rings. The maximum atomic E-state index is 14.3. The van der Waals surface area contributed by atoms with Crippen LogP contribution in [0.5, 0.6) is 5.75 Å². The van der Waals surface area contributed by atoms with Gasteiger partial charge in [-0.25, -0.2) is 9.79 Å². The van der Waals surface area contributed by atoms with Crippen LogP contribution in [0.2, 0.25) is 0 Å². The first kappa shape index (κ1) is 28.2. The molecule has 1 atom stereocenters. The Balaban J connectivity index is 1.57. The predicted octanol–water partition coefficient (Wildman–Crippen LogP) is 5.82. The van der Waals surface area contributed by atoms with Crippen LogP contribution < -0.4 is 19.6 Å². The number of aryl methyl sites for hydroxylation is 1. The number of hydrogen-bond donors (Lipinski definition) is 1. The Labute approximate surface area is 252 Å². The van der Waals surface area contributed by atoms with E-state index in [0.717, 1.165) is 38.9 Å². The molecule has 216 valence electrons. The van der Waals surface area contributed by atoms with Gasteiger partial charge in [-0.15, -0.1) is 0 Å². The molecule has 0 aliphatic carbocycles. The Bertz CT molecular complexity index is 2070. The molecule has 7 nitrogen and oxygen atoms in total. The lowest BCUT2D eigenvalue weighted by atomic mass is 9.96. The first-order valence-electron chi connectivity index (χ1n) is 14.1. The Morgan fingerprint density at radius 3 is 2.56 bits per heavy atom. The van der Waals surface area contributed by atoms with Gasteiger partial charge < -0.3 is 14.5 Å². The Morgan fingerprint density at radius 1 is 1.07 bits per heavy atom. The van der Waals surface area contributed by atoms with Gasteiger partial charge in [-0.05, 0) is 55.7 Å². The normalized spacial score (nSPS) is 14.9. The number of nitrogens with one attached hydrogen (secondary N) is 1. The third kappa shape index (κ3) is 5.15. The number of carbonyl (C=O) groups excluding carboxylic acids is 1. The summed E-state index contributed by atoms with van der Waals surface area (Å²) in [5.74, 6) is 0.172. The molecule has 0 amide bonds. The molecule has 1 aliphatic heterocycles. The number of para-hydroxylation sites is 1. The smallest absolute Gasteiger partial charge is 0.338 e. The highest BCUT2D eigenvalue weighted by Gasteiger charge is 2.33. The van der Waals surface area contributed by atoms with Crippen molar-refractivity contribution in [2.24, 2.45) is 4.99 Å². The highest BCUT2D eigenvalue weighted by Crippen LogP contribution is 2.34. The van der Waals surface area contributed by atoms with Gasteiger partial charge in [-0.1, -0.05) is 84.7 Å². The highest BCUT2D eigenvalue weighted by molar-refractivity contribution is 7.07. The van der Waals surface area contributed by atoms with Gasteiger partial charge in [0.15, 0.2) is 4.80 Å². The lowest BCUT2D eigenvalue weighted by Crippen LogP contribution is -2.39. The number of H-pyrrole nitrogens is 1. The third-order valence-corrected chi connectivity index (χ3v) is 8.48. The summed E-state index contributed by atoms with van der Waals surface area (Å²) in [4.78, 5) is 36.4. The summed E-state index contributed by atoms with van der Waals surface area (Å²) in [6, 6.07) is 22.9. The minimum atomic E-state index is -0.704. The monoisotopic (exact) mass is 589 g/mol. The van der Waals surface area contributed by atoms with E-state index in [1.807, 2.05) is 54.6 Å². The second-order valence-corrected chi connectivity index (χ2v) is 11.3. The van der Waals surface area contributed by atoms with Crippen LogP contribution in [0, 0.1) is 6.92 Å². The molecule has 0 spiro atoms. The minimum Gasteiger partial charge on any atom is -0.490 e. The molecule has 0 fully saturated rings. The van der Waals surface area contributed by atoms with Crippen LogP contribution in [0.3, 0.4) is 0 Å². The first-order valence-corrected chi connectivity index (χ1v) is 14.9. The van der Waals surface area contributed by atoms with Crippen molar-refractivity contribution in [3.63, 3.8) is 0 Å². The fraction of sp³-hybridized carbons (Fsp3) is 0.171. The van der Waals surface area contributed by atoms with Crippen LogP contribution in [0.1, 0.15) is 36.6 Å². The lowest BCUT2D eigenvalue weighted by Gasteiger charge is -2.24. The SMILES string of the molecule is C=CCOc1ccc([C@@H]2C(C(=O)OCC)=C(C)N=c3s/c(=C\c4c(-c5ccccc5)[nH]c5c(C)cccc45)c(=O)n32)cc1. The summed E-state index contributed by atoms with van der Waals surface area (Å²) in [5, 5.41) is 1.03. The van der Waals surface area contributed by atoms with Crippen LogP contribution in [0.25, 0.3) is 28.2 Å². The summed E-state index contributed by atoms with van der Waals surface area (Å²) in [5.41, 5.74) is 6.42. The van der Waals surface area contributed by atoms with Gasteiger partial charge in [0.05, 0.1) is 34.1 Å². The predicted molar refractivity (Wildman–Crippen MR) is 171 cm³/mol. The van der Waals surface area contributed by atoms with Gasteiger partial charge >= 0.3 is 5.97 Å². The van der Waals surface area contributed by atoms with Gasteiger partial charge in [-0.2, -0.15) is 0 Å². The molecule has 1 N–H and O–H groups in total. The zero-order chi connectivity index (χ0) is 30.1. The van der Waals surface area contributed by atoms with Gasteiger partial charge in [0.25, 0.3) is 5.56 Å². The van der Waals surface area contributed by atoms with Crippen molar-refractivity contribution in [1.29, 1.82) is 0 Å². The Morgan fingerprint density at radius 2 is 1.84 bits per heavy atom. The number of allylic oxidation sites excluding steroid dienone is 1. The topological polar surface area (TPSA) is 85.7 Å². The molecule has 8 heteroatoms. The van der Waals surface area contributed by atoms with E-state index in [9.17, 15) is 9.59 Å². The largest absolute Gasteiger partial charge is 0.490 e. The van der Waals surface area contributed by atoms with Crippen LogP contribution in [0.4, 0.5) is 0 Å².